The highest BCUT2D eigenvalue weighted by Crippen LogP contribution is 2.81. The Balaban J connectivity index is 1.70. The molecule has 1 heterocycles. The van der Waals surface area contributed by atoms with Crippen LogP contribution < -0.4 is 0 Å². The second-order valence-electron chi connectivity index (χ2n) is 13.6. The lowest BCUT2D eigenvalue weighted by Gasteiger charge is -2.71. The highest BCUT2D eigenvalue weighted by molar-refractivity contribution is 5.67. The Bertz CT molecular complexity index is 1070. The van der Waals surface area contributed by atoms with Gasteiger partial charge < -0.3 is 33.9 Å². The maximum Gasteiger partial charge on any atom is 0.303 e. The summed E-state index contributed by atoms with van der Waals surface area (Å²) in [6.07, 6.45) is -1.79. The molecule has 0 amide bonds. The second kappa shape index (κ2) is 9.10. The molecule has 0 aromatic heterocycles. The van der Waals surface area contributed by atoms with Crippen LogP contribution in [0.3, 0.4) is 0 Å². The minimum atomic E-state index is -1.69. The summed E-state index contributed by atoms with van der Waals surface area (Å²) in [4.78, 5) is 27.6. The molecule has 10 heteroatoms. The van der Waals surface area contributed by atoms with E-state index in [1.807, 2.05) is 0 Å². The van der Waals surface area contributed by atoms with Gasteiger partial charge in [0.05, 0.1) is 12.2 Å². The van der Waals surface area contributed by atoms with Crippen molar-refractivity contribution in [3.63, 3.8) is 0 Å². The molecule has 226 valence electrons. The molecule has 15 atom stereocenters. The third-order valence-corrected chi connectivity index (χ3v) is 12.9. The van der Waals surface area contributed by atoms with Crippen LogP contribution in [0.5, 0.6) is 0 Å². The molecule has 1 spiro atoms. The van der Waals surface area contributed by atoms with Gasteiger partial charge in [-0.05, 0) is 43.1 Å². The Morgan fingerprint density at radius 1 is 0.925 bits per heavy atom. The molecule has 10 nitrogen and oxygen atoms in total. The lowest BCUT2D eigenvalue weighted by molar-refractivity contribution is -0.319. The SMILES string of the molecule is CCN1C[C@]2(CC)[C@H](C)C[C@H](OC)[C@@]34[C@@H]5C[C@@]6(O)[C@H](OC(C)=O)[C@@H]5[C@@](O)(C([C@H](OC)[C@H]23)[C@@H]14)[C@@H](OC(C)=O)[C@@H]6OC. The van der Waals surface area contributed by atoms with Crippen LogP contribution in [0.4, 0.5) is 0 Å². The summed E-state index contributed by atoms with van der Waals surface area (Å²) < 4.78 is 30.7. The van der Waals surface area contributed by atoms with E-state index in [9.17, 15) is 19.8 Å². The first kappa shape index (κ1) is 28.8. The predicted octanol–water partition coefficient (Wildman–Crippen LogP) is 1.39. The van der Waals surface area contributed by atoms with Gasteiger partial charge >= 0.3 is 11.9 Å². The van der Waals surface area contributed by atoms with Gasteiger partial charge in [-0.1, -0.05) is 20.8 Å². The van der Waals surface area contributed by atoms with Crippen LogP contribution in [-0.4, -0.2) is 109 Å². The fraction of sp³-hybridized carbons (Fsp3) is 0.933. The molecular weight excluding hydrogens is 518 g/mol. The molecule has 6 rings (SSSR count). The predicted molar refractivity (Wildman–Crippen MR) is 142 cm³/mol. The smallest absolute Gasteiger partial charge is 0.303 e. The highest BCUT2D eigenvalue weighted by Gasteiger charge is 2.91. The van der Waals surface area contributed by atoms with Crippen molar-refractivity contribution in [2.75, 3.05) is 34.4 Å². The van der Waals surface area contributed by atoms with Crippen molar-refractivity contribution in [1.82, 2.24) is 4.90 Å². The number of carbonyl (C=O) groups excluding carboxylic acids is 2. The zero-order valence-corrected chi connectivity index (χ0v) is 25.1. The number of aliphatic hydroxyl groups is 2. The molecule has 0 radical (unpaired) electrons. The lowest BCUT2D eigenvalue weighted by Crippen LogP contribution is -2.80. The van der Waals surface area contributed by atoms with Crippen molar-refractivity contribution in [3.05, 3.63) is 0 Å². The van der Waals surface area contributed by atoms with E-state index in [4.69, 9.17) is 23.7 Å². The number of rotatable bonds is 7. The van der Waals surface area contributed by atoms with Crippen LogP contribution in [0, 0.1) is 40.4 Å². The van der Waals surface area contributed by atoms with E-state index in [2.05, 4.69) is 25.7 Å². The number of hydrogen-bond donors (Lipinski definition) is 2. The van der Waals surface area contributed by atoms with Crippen LogP contribution in [0.15, 0.2) is 0 Å². The maximum atomic E-state index is 13.3. The quantitative estimate of drug-likeness (QED) is 0.438. The van der Waals surface area contributed by atoms with Crippen LogP contribution in [0.1, 0.15) is 53.9 Å². The van der Waals surface area contributed by atoms with Gasteiger partial charge in [-0.2, -0.15) is 0 Å². The van der Waals surface area contributed by atoms with Crippen molar-refractivity contribution < 1.29 is 43.5 Å². The molecule has 1 saturated heterocycles. The van der Waals surface area contributed by atoms with Gasteiger partial charge in [-0.3, -0.25) is 14.5 Å². The third-order valence-electron chi connectivity index (χ3n) is 12.9. The highest BCUT2D eigenvalue weighted by atomic mass is 16.6. The lowest BCUT2D eigenvalue weighted by atomic mass is 9.40. The number of esters is 2. The maximum absolute atomic E-state index is 13.3. The number of nitrogens with zero attached hydrogens (tertiary/aromatic N) is 1. The number of fused-ring (bicyclic) bond motifs is 2. The van der Waals surface area contributed by atoms with E-state index in [0.29, 0.717) is 5.92 Å². The number of likely N-dealkylation sites (tertiary alicyclic amines) is 1. The molecular formula is C30H47NO9. The first-order chi connectivity index (χ1) is 18.9. The molecule has 6 fully saturated rings. The normalized spacial score (nSPS) is 55.7. The monoisotopic (exact) mass is 565 g/mol. The van der Waals surface area contributed by atoms with Gasteiger partial charge in [-0.25, -0.2) is 0 Å². The van der Waals surface area contributed by atoms with E-state index in [1.165, 1.54) is 21.0 Å². The van der Waals surface area contributed by atoms with Gasteiger partial charge in [-0.15, -0.1) is 0 Å². The van der Waals surface area contributed by atoms with E-state index in [0.717, 1.165) is 25.9 Å². The van der Waals surface area contributed by atoms with Gasteiger partial charge in [0.1, 0.15) is 23.4 Å². The van der Waals surface area contributed by atoms with E-state index in [1.54, 1.807) is 14.2 Å². The summed E-state index contributed by atoms with van der Waals surface area (Å²) in [5.74, 6) is -2.23. The Morgan fingerprint density at radius 3 is 2.10 bits per heavy atom. The van der Waals surface area contributed by atoms with Crippen molar-refractivity contribution in [3.8, 4) is 0 Å². The molecule has 0 aromatic rings. The van der Waals surface area contributed by atoms with Crippen LogP contribution in [-0.2, 0) is 33.3 Å². The topological polar surface area (TPSA) is 124 Å². The average Bonchev–Trinajstić information content (AvgIpc) is 3.28. The van der Waals surface area contributed by atoms with Crippen molar-refractivity contribution >= 4 is 11.9 Å². The van der Waals surface area contributed by atoms with Gasteiger partial charge in [0.25, 0.3) is 0 Å². The van der Waals surface area contributed by atoms with E-state index in [-0.39, 0.29) is 41.9 Å². The second-order valence-corrected chi connectivity index (χ2v) is 13.6. The number of ether oxygens (including phenoxy) is 5. The molecule has 5 saturated carbocycles. The summed E-state index contributed by atoms with van der Waals surface area (Å²) in [6, 6.07) is -0.148. The molecule has 7 bridgehead atoms. The molecule has 40 heavy (non-hydrogen) atoms. The Hall–Kier alpha value is -1.30. The standard InChI is InChI=1S/C30H47NO9/c1-9-27-13-31(10-2)23-20-21(37-7)22(27)29(23,18(36-6)11-14(27)3)17-12-28(34)24(39-15(4)32)19(17)30(20,35)26(25(28)38-8)40-16(5)33/h14,17-26,34-35H,9-13H2,1-8H3/t14-,17-,18+,19-,20?,21+,22-,23-,24-,25+,26+,27-,28-,29+,30-/m1/s1. The van der Waals surface area contributed by atoms with Crippen LogP contribution in [0.2, 0.25) is 0 Å². The number of methoxy groups -OCH3 is 3. The molecule has 0 aromatic carbocycles. The summed E-state index contributed by atoms with van der Waals surface area (Å²) in [5, 5.41) is 25.8. The van der Waals surface area contributed by atoms with Crippen LogP contribution in [0.25, 0.3) is 0 Å². The zero-order chi connectivity index (χ0) is 29.2. The van der Waals surface area contributed by atoms with Gasteiger partial charge in [0.2, 0.25) is 0 Å². The molecule has 1 aliphatic heterocycles. The number of hydrogen-bond acceptors (Lipinski definition) is 10. The summed E-state index contributed by atoms with van der Waals surface area (Å²) in [5.41, 5.74) is -3.95. The fourth-order valence-electron chi connectivity index (χ4n) is 12.1. The summed E-state index contributed by atoms with van der Waals surface area (Å²) in [6.45, 7) is 11.0. The molecule has 6 aliphatic rings. The van der Waals surface area contributed by atoms with Crippen molar-refractivity contribution in [1.29, 1.82) is 0 Å². The van der Waals surface area contributed by atoms with Gasteiger partial charge in [0, 0.05) is 70.9 Å². The zero-order valence-electron chi connectivity index (χ0n) is 25.1. The minimum Gasteiger partial charge on any atom is -0.459 e. The van der Waals surface area contributed by atoms with E-state index >= 15 is 0 Å². The Morgan fingerprint density at radius 2 is 1.57 bits per heavy atom. The van der Waals surface area contributed by atoms with Crippen molar-refractivity contribution in [2.45, 2.75) is 102 Å². The third kappa shape index (κ3) is 2.96. The van der Waals surface area contributed by atoms with Gasteiger partial charge in [0.15, 0.2) is 6.10 Å². The Kier molecular flexibility index (Phi) is 6.55. The minimum absolute atomic E-state index is 0.0282. The van der Waals surface area contributed by atoms with E-state index < -0.39 is 58.7 Å². The van der Waals surface area contributed by atoms with Crippen LogP contribution >= 0.6 is 0 Å². The Labute approximate surface area is 237 Å². The molecule has 2 N–H and O–H groups in total. The fourth-order valence-corrected chi connectivity index (χ4v) is 12.1. The number of piperidine rings is 1. The summed E-state index contributed by atoms with van der Waals surface area (Å²) >= 11 is 0. The molecule has 1 unspecified atom stereocenters. The molecule has 5 aliphatic carbocycles. The average molecular weight is 566 g/mol. The first-order valence-electron chi connectivity index (χ1n) is 15.0. The largest absolute Gasteiger partial charge is 0.459 e. The number of carbonyl (C=O) groups is 2. The summed E-state index contributed by atoms with van der Waals surface area (Å²) in [7, 11) is 4.93. The first-order valence-corrected chi connectivity index (χ1v) is 15.0. The van der Waals surface area contributed by atoms with Crippen molar-refractivity contribution in [2.24, 2.45) is 40.4 Å².